The molecule has 3 heteroatoms. The van der Waals surface area contributed by atoms with Gasteiger partial charge in [0.15, 0.2) is 0 Å². The van der Waals surface area contributed by atoms with Crippen LogP contribution in [0.25, 0.3) is 6.08 Å². The summed E-state index contributed by atoms with van der Waals surface area (Å²) in [6.45, 7) is 0.921. The number of hydrogen-bond acceptors (Lipinski definition) is 2. The van der Waals surface area contributed by atoms with E-state index in [4.69, 9.17) is 5.73 Å². The van der Waals surface area contributed by atoms with Crippen LogP contribution in [0.5, 0.6) is 0 Å². The fourth-order valence-corrected chi connectivity index (χ4v) is 3.72. The van der Waals surface area contributed by atoms with Crippen LogP contribution in [0, 0.1) is 5.92 Å². The molecule has 1 saturated carbocycles. The van der Waals surface area contributed by atoms with Crippen molar-refractivity contribution in [1.29, 1.82) is 0 Å². The van der Waals surface area contributed by atoms with E-state index in [-0.39, 0.29) is 11.9 Å². The average Bonchev–Trinajstić information content (AvgIpc) is 3.04. The van der Waals surface area contributed by atoms with E-state index < -0.39 is 0 Å². The standard InChI is InChI=1S/C19H26N2O/c20-19(22)18-7-4-14-21(18)17-12-10-16(11-13-17)9-8-15-5-2-1-3-6-15/h8-13,15,18H,1-7,14H2,(H2,20,22)/b9-8+/t18-/m1/s1. The van der Waals surface area contributed by atoms with Crippen molar-refractivity contribution < 1.29 is 4.79 Å². The summed E-state index contributed by atoms with van der Waals surface area (Å²) in [5.74, 6) is 0.546. The molecule has 1 aliphatic heterocycles. The number of allylic oxidation sites excluding steroid dienone is 1. The zero-order valence-corrected chi connectivity index (χ0v) is 13.2. The first kappa shape index (κ1) is 15.1. The van der Waals surface area contributed by atoms with Crippen molar-refractivity contribution in [3.8, 4) is 0 Å². The Kier molecular flexibility index (Phi) is 4.81. The van der Waals surface area contributed by atoms with Gasteiger partial charge in [0, 0.05) is 12.2 Å². The van der Waals surface area contributed by atoms with E-state index in [1.165, 1.54) is 37.7 Å². The first-order chi connectivity index (χ1) is 10.7. The third-order valence-electron chi connectivity index (χ3n) is 5.02. The first-order valence-corrected chi connectivity index (χ1v) is 8.58. The molecule has 2 fully saturated rings. The van der Waals surface area contributed by atoms with Gasteiger partial charge in [-0.3, -0.25) is 4.79 Å². The number of carbonyl (C=O) groups excluding carboxylic acids is 1. The summed E-state index contributed by atoms with van der Waals surface area (Å²) in [6.07, 6.45) is 13.3. The highest BCUT2D eigenvalue weighted by atomic mass is 16.1. The number of carbonyl (C=O) groups is 1. The van der Waals surface area contributed by atoms with E-state index in [2.05, 4.69) is 41.3 Å². The monoisotopic (exact) mass is 298 g/mol. The predicted molar refractivity (Wildman–Crippen MR) is 91.6 cm³/mol. The van der Waals surface area contributed by atoms with Crippen LogP contribution in [0.2, 0.25) is 0 Å². The van der Waals surface area contributed by atoms with Crippen molar-refractivity contribution in [2.45, 2.75) is 51.0 Å². The molecule has 2 N–H and O–H groups in total. The molecule has 3 rings (SSSR count). The van der Waals surface area contributed by atoms with Crippen molar-refractivity contribution >= 4 is 17.7 Å². The maximum Gasteiger partial charge on any atom is 0.240 e. The normalized spacial score (nSPS) is 23.3. The van der Waals surface area contributed by atoms with Gasteiger partial charge >= 0.3 is 0 Å². The summed E-state index contributed by atoms with van der Waals surface area (Å²) >= 11 is 0. The molecule has 1 heterocycles. The first-order valence-electron chi connectivity index (χ1n) is 8.58. The molecular formula is C19H26N2O. The summed E-state index contributed by atoms with van der Waals surface area (Å²) in [7, 11) is 0. The molecule has 0 radical (unpaired) electrons. The Morgan fingerprint density at radius 2 is 1.77 bits per heavy atom. The second-order valence-electron chi connectivity index (χ2n) is 6.60. The zero-order valence-electron chi connectivity index (χ0n) is 13.2. The molecule has 0 spiro atoms. The number of benzene rings is 1. The van der Waals surface area contributed by atoms with Crippen molar-refractivity contribution in [3.63, 3.8) is 0 Å². The Bertz CT molecular complexity index is 529. The van der Waals surface area contributed by atoms with Crippen LogP contribution >= 0.6 is 0 Å². The Hall–Kier alpha value is -1.77. The molecule has 0 unspecified atom stereocenters. The molecule has 3 nitrogen and oxygen atoms in total. The maximum atomic E-state index is 11.5. The molecule has 1 atom stereocenters. The minimum atomic E-state index is -0.209. The fourth-order valence-electron chi connectivity index (χ4n) is 3.72. The van der Waals surface area contributed by atoms with E-state index in [1.54, 1.807) is 0 Å². The Labute approximate surface area is 133 Å². The smallest absolute Gasteiger partial charge is 0.240 e. The number of anilines is 1. The van der Waals surface area contributed by atoms with Crippen LogP contribution in [0.1, 0.15) is 50.5 Å². The largest absolute Gasteiger partial charge is 0.368 e. The third-order valence-corrected chi connectivity index (χ3v) is 5.02. The molecule has 1 aliphatic carbocycles. The highest BCUT2D eigenvalue weighted by Crippen LogP contribution is 2.27. The molecule has 2 aliphatic rings. The van der Waals surface area contributed by atoms with Gasteiger partial charge in [0.25, 0.3) is 0 Å². The lowest BCUT2D eigenvalue weighted by Crippen LogP contribution is -2.40. The SMILES string of the molecule is NC(=O)[C@H]1CCCN1c1ccc(/C=C/C2CCCCC2)cc1. The molecule has 1 aromatic carbocycles. The maximum absolute atomic E-state index is 11.5. The molecule has 1 aromatic rings. The summed E-state index contributed by atoms with van der Waals surface area (Å²) < 4.78 is 0. The van der Waals surface area contributed by atoms with Crippen molar-refractivity contribution in [2.24, 2.45) is 11.7 Å². The molecule has 118 valence electrons. The van der Waals surface area contributed by atoms with Gasteiger partial charge in [0.1, 0.15) is 6.04 Å². The number of primary amides is 1. The van der Waals surface area contributed by atoms with Gasteiger partial charge in [-0.15, -0.1) is 0 Å². The highest BCUT2D eigenvalue weighted by molar-refractivity contribution is 5.84. The van der Waals surface area contributed by atoms with E-state index in [0.717, 1.165) is 31.0 Å². The molecular weight excluding hydrogens is 272 g/mol. The highest BCUT2D eigenvalue weighted by Gasteiger charge is 2.28. The van der Waals surface area contributed by atoms with Crippen molar-refractivity contribution in [1.82, 2.24) is 0 Å². The van der Waals surface area contributed by atoms with Crippen molar-refractivity contribution in [2.75, 3.05) is 11.4 Å². The van der Waals surface area contributed by atoms with Crippen LogP contribution in [0.4, 0.5) is 5.69 Å². The molecule has 0 aromatic heterocycles. The average molecular weight is 298 g/mol. The molecule has 22 heavy (non-hydrogen) atoms. The summed E-state index contributed by atoms with van der Waals surface area (Å²) in [5.41, 5.74) is 7.84. The Morgan fingerprint density at radius 1 is 1.05 bits per heavy atom. The Morgan fingerprint density at radius 3 is 2.45 bits per heavy atom. The quantitative estimate of drug-likeness (QED) is 0.920. The van der Waals surface area contributed by atoms with Gasteiger partial charge in [-0.1, -0.05) is 43.5 Å². The lowest BCUT2D eigenvalue weighted by Gasteiger charge is -2.24. The molecule has 0 bridgehead atoms. The van der Waals surface area contributed by atoms with Crippen molar-refractivity contribution in [3.05, 3.63) is 35.9 Å². The second-order valence-corrected chi connectivity index (χ2v) is 6.60. The van der Waals surface area contributed by atoms with E-state index in [9.17, 15) is 4.79 Å². The topological polar surface area (TPSA) is 46.3 Å². The second kappa shape index (κ2) is 6.99. The molecule has 1 saturated heterocycles. The number of nitrogens with two attached hydrogens (primary N) is 1. The zero-order chi connectivity index (χ0) is 15.4. The number of amides is 1. The number of nitrogens with zero attached hydrogens (tertiary/aromatic N) is 1. The van der Waals surface area contributed by atoms with Gasteiger partial charge in [0.2, 0.25) is 5.91 Å². The van der Waals surface area contributed by atoms with Gasteiger partial charge in [-0.25, -0.2) is 0 Å². The van der Waals surface area contributed by atoms with Gasteiger partial charge in [0.05, 0.1) is 0 Å². The minimum absolute atomic E-state index is 0.136. The molecule has 1 amide bonds. The fraction of sp³-hybridized carbons (Fsp3) is 0.526. The lowest BCUT2D eigenvalue weighted by molar-refractivity contribution is -0.119. The predicted octanol–water partition coefficient (Wildman–Crippen LogP) is 3.73. The number of rotatable bonds is 4. The minimum Gasteiger partial charge on any atom is -0.368 e. The van der Waals surface area contributed by atoms with Gasteiger partial charge in [-0.2, -0.15) is 0 Å². The number of hydrogen-bond donors (Lipinski definition) is 1. The third kappa shape index (κ3) is 3.52. The summed E-state index contributed by atoms with van der Waals surface area (Å²) in [5, 5.41) is 0. The van der Waals surface area contributed by atoms with Gasteiger partial charge < -0.3 is 10.6 Å². The van der Waals surface area contributed by atoms with E-state index in [1.807, 2.05) is 0 Å². The van der Waals surface area contributed by atoms with Crippen LogP contribution in [-0.4, -0.2) is 18.5 Å². The Balaban J connectivity index is 1.64. The van der Waals surface area contributed by atoms with E-state index in [0.29, 0.717) is 0 Å². The lowest BCUT2D eigenvalue weighted by atomic mass is 9.89. The van der Waals surface area contributed by atoms with Crippen LogP contribution < -0.4 is 10.6 Å². The summed E-state index contributed by atoms with van der Waals surface area (Å²) in [4.78, 5) is 13.6. The van der Waals surface area contributed by atoms with Gasteiger partial charge in [-0.05, 0) is 49.3 Å². The van der Waals surface area contributed by atoms with E-state index >= 15 is 0 Å². The van der Waals surface area contributed by atoms with Crippen LogP contribution in [-0.2, 0) is 4.79 Å². The van der Waals surface area contributed by atoms with Crippen LogP contribution in [0.15, 0.2) is 30.3 Å². The summed E-state index contributed by atoms with van der Waals surface area (Å²) in [6, 6.07) is 8.38. The van der Waals surface area contributed by atoms with Crippen LogP contribution in [0.3, 0.4) is 0 Å².